The number of hydrogen-bond donors (Lipinski definition) is 2. The Hall–Kier alpha value is -2.77. The van der Waals surface area contributed by atoms with Gasteiger partial charge < -0.3 is 15.4 Å². The number of hydrogen-bond acceptors (Lipinski definition) is 4. The maximum Gasteiger partial charge on any atom is 0.248 e. The lowest BCUT2D eigenvalue weighted by Gasteiger charge is -2.37. The van der Waals surface area contributed by atoms with Gasteiger partial charge in [-0.3, -0.25) is 14.5 Å². The Bertz CT molecular complexity index is 971. The Labute approximate surface area is 194 Å². The molecule has 0 radical (unpaired) electrons. The molecule has 1 aliphatic heterocycles. The molecular formula is C26H32FN3O3. The molecule has 7 heteroatoms. The van der Waals surface area contributed by atoms with E-state index in [4.69, 9.17) is 4.74 Å². The molecule has 4 rings (SSSR count). The number of nitrogens with zero attached hydrogens (tertiary/aromatic N) is 1. The molecule has 2 atom stereocenters. The molecule has 176 valence electrons. The molecule has 0 unspecified atom stereocenters. The van der Waals surface area contributed by atoms with Gasteiger partial charge in [0.15, 0.2) is 0 Å². The zero-order valence-electron chi connectivity index (χ0n) is 19.1. The third-order valence-corrected chi connectivity index (χ3v) is 6.48. The molecule has 1 aliphatic carbocycles. The number of nitrogens with one attached hydrogen (secondary N) is 2. The van der Waals surface area contributed by atoms with E-state index in [2.05, 4.69) is 10.6 Å². The molecule has 2 amide bonds. The smallest absolute Gasteiger partial charge is 0.248 e. The second-order valence-electron chi connectivity index (χ2n) is 8.87. The van der Waals surface area contributed by atoms with E-state index >= 15 is 0 Å². The Balaban J connectivity index is 1.76. The molecule has 0 spiro atoms. The van der Waals surface area contributed by atoms with E-state index in [0.29, 0.717) is 18.8 Å². The Morgan fingerprint density at radius 2 is 1.91 bits per heavy atom. The van der Waals surface area contributed by atoms with Gasteiger partial charge in [0.05, 0.1) is 13.2 Å². The monoisotopic (exact) mass is 453 g/mol. The molecule has 1 heterocycles. The number of ether oxygens (including phenoxy) is 1. The van der Waals surface area contributed by atoms with Gasteiger partial charge in [-0.05, 0) is 49.1 Å². The van der Waals surface area contributed by atoms with Crippen LogP contribution < -0.4 is 15.5 Å². The normalized spacial score (nSPS) is 20.1. The maximum absolute atomic E-state index is 14.3. The zero-order chi connectivity index (χ0) is 23.2. The van der Waals surface area contributed by atoms with Crippen molar-refractivity contribution in [1.29, 1.82) is 0 Å². The average Bonchev–Trinajstić information content (AvgIpc) is 2.84. The third-order valence-electron chi connectivity index (χ3n) is 6.48. The van der Waals surface area contributed by atoms with E-state index < -0.39 is 17.9 Å². The van der Waals surface area contributed by atoms with Crippen LogP contribution in [0.3, 0.4) is 0 Å². The van der Waals surface area contributed by atoms with Crippen molar-refractivity contribution in [3.63, 3.8) is 0 Å². The number of halogens is 1. The summed E-state index contributed by atoms with van der Waals surface area (Å²) >= 11 is 0. The number of morpholine rings is 1. The third kappa shape index (κ3) is 5.60. The highest BCUT2D eigenvalue weighted by Gasteiger charge is 2.38. The summed E-state index contributed by atoms with van der Waals surface area (Å²) in [4.78, 5) is 29.1. The summed E-state index contributed by atoms with van der Waals surface area (Å²) in [6, 6.07) is 12.0. The van der Waals surface area contributed by atoms with E-state index in [0.717, 1.165) is 36.8 Å². The predicted molar refractivity (Wildman–Crippen MR) is 125 cm³/mol. The summed E-state index contributed by atoms with van der Waals surface area (Å²) in [6.45, 7) is 3.19. The van der Waals surface area contributed by atoms with Crippen LogP contribution in [0.4, 0.5) is 10.1 Å². The van der Waals surface area contributed by atoms with Gasteiger partial charge in [-0.2, -0.15) is 0 Å². The van der Waals surface area contributed by atoms with Crippen molar-refractivity contribution < 1.29 is 18.7 Å². The fourth-order valence-electron chi connectivity index (χ4n) is 4.74. The lowest BCUT2D eigenvalue weighted by molar-refractivity contribution is -0.129. The van der Waals surface area contributed by atoms with Gasteiger partial charge in [0.1, 0.15) is 17.9 Å². The molecule has 2 aromatic rings. The van der Waals surface area contributed by atoms with Crippen LogP contribution in [0, 0.1) is 12.7 Å². The highest BCUT2D eigenvalue weighted by Crippen LogP contribution is 2.32. The summed E-state index contributed by atoms with van der Waals surface area (Å²) < 4.78 is 19.8. The number of carbonyl (C=O) groups is 2. The molecule has 2 fully saturated rings. The van der Waals surface area contributed by atoms with Gasteiger partial charge in [0, 0.05) is 18.3 Å². The van der Waals surface area contributed by atoms with Gasteiger partial charge in [0.2, 0.25) is 11.8 Å². The van der Waals surface area contributed by atoms with Crippen LogP contribution in [0.2, 0.25) is 0 Å². The fraction of sp³-hybridized carbons (Fsp3) is 0.462. The van der Waals surface area contributed by atoms with Crippen molar-refractivity contribution >= 4 is 17.5 Å². The minimum absolute atomic E-state index is 0.0818. The molecule has 1 saturated carbocycles. The standard InChI is InChI=1S/C26H32FN3O3/c1-18-8-5-6-13-22(18)24(25(31)29-20-10-3-2-4-11-20)30(21-12-7-9-19(27)16-21)26(32)23-17-33-15-14-28-23/h5-9,12-13,16,20,23-24,28H,2-4,10-11,14-15,17H2,1H3,(H,29,31)/t23-,24-/m0/s1. The maximum atomic E-state index is 14.3. The number of rotatable bonds is 6. The van der Waals surface area contributed by atoms with Crippen LogP contribution in [-0.4, -0.2) is 43.7 Å². The minimum Gasteiger partial charge on any atom is -0.378 e. The van der Waals surface area contributed by atoms with E-state index in [-0.39, 0.29) is 24.5 Å². The van der Waals surface area contributed by atoms with E-state index in [1.165, 1.54) is 23.5 Å². The van der Waals surface area contributed by atoms with Crippen LogP contribution in [0.25, 0.3) is 0 Å². The number of aryl methyl sites for hydroxylation is 1. The largest absolute Gasteiger partial charge is 0.378 e. The van der Waals surface area contributed by atoms with Gasteiger partial charge in [0.25, 0.3) is 0 Å². The van der Waals surface area contributed by atoms with Crippen molar-refractivity contribution in [2.24, 2.45) is 0 Å². The van der Waals surface area contributed by atoms with Crippen LogP contribution in [0.15, 0.2) is 48.5 Å². The molecule has 2 aliphatic rings. The van der Waals surface area contributed by atoms with Crippen molar-refractivity contribution in [2.45, 2.75) is 57.2 Å². The van der Waals surface area contributed by atoms with Crippen molar-refractivity contribution in [2.75, 3.05) is 24.7 Å². The summed E-state index contributed by atoms with van der Waals surface area (Å²) in [6.07, 6.45) is 5.19. The topological polar surface area (TPSA) is 70.7 Å². The summed E-state index contributed by atoms with van der Waals surface area (Å²) in [5, 5.41) is 6.37. The second-order valence-corrected chi connectivity index (χ2v) is 8.87. The van der Waals surface area contributed by atoms with Gasteiger partial charge in [-0.15, -0.1) is 0 Å². The van der Waals surface area contributed by atoms with E-state index in [9.17, 15) is 14.0 Å². The van der Waals surface area contributed by atoms with Crippen molar-refractivity contribution in [3.05, 3.63) is 65.5 Å². The van der Waals surface area contributed by atoms with Gasteiger partial charge in [-0.1, -0.05) is 49.6 Å². The minimum atomic E-state index is -0.925. The van der Waals surface area contributed by atoms with E-state index in [1.54, 1.807) is 12.1 Å². The number of carbonyl (C=O) groups excluding carboxylic acids is 2. The summed E-state index contributed by atoms with van der Waals surface area (Å²) in [7, 11) is 0. The predicted octanol–water partition coefficient (Wildman–Crippen LogP) is 3.65. The van der Waals surface area contributed by atoms with E-state index in [1.807, 2.05) is 31.2 Å². The van der Waals surface area contributed by atoms with Crippen LogP contribution >= 0.6 is 0 Å². The Morgan fingerprint density at radius 1 is 1.12 bits per heavy atom. The van der Waals surface area contributed by atoms with Crippen LogP contribution in [0.1, 0.15) is 49.3 Å². The first kappa shape index (κ1) is 23.4. The van der Waals surface area contributed by atoms with Crippen molar-refractivity contribution in [3.8, 4) is 0 Å². The van der Waals surface area contributed by atoms with Gasteiger partial charge >= 0.3 is 0 Å². The van der Waals surface area contributed by atoms with Gasteiger partial charge in [-0.25, -0.2) is 4.39 Å². The summed E-state index contributed by atoms with van der Waals surface area (Å²) in [5.41, 5.74) is 1.96. The highest BCUT2D eigenvalue weighted by molar-refractivity contribution is 6.04. The molecular weight excluding hydrogens is 421 g/mol. The zero-order valence-corrected chi connectivity index (χ0v) is 19.1. The first-order valence-corrected chi connectivity index (χ1v) is 11.8. The average molecular weight is 454 g/mol. The van der Waals surface area contributed by atoms with Crippen LogP contribution in [-0.2, 0) is 14.3 Å². The Kier molecular flexibility index (Phi) is 7.73. The van der Waals surface area contributed by atoms with Crippen LogP contribution in [0.5, 0.6) is 0 Å². The van der Waals surface area contributed by atoms with Crippen molar-refractivity contribution in [1.82, 2.24) is 10.6 Å². The highest BCUT2D eigenvalue weighted by atomic mass is 19.1. The quantitative estimate of drug-likeness (QED) is 0.701. The molecule has 0 aromatic heterocycles. The number of benzene rings is 2. The first-order valence-electron chi connectivity index (χ1n) is 11.8. The Morgan fingerprint density at radius 3 is 2.61 bits per heavy atom. The summed E-state index contributed by atoms with van der Waals surface area (Å²) in [5.74, 6) is -1.02. The molecule has 0 bridgehead atoms. The second kappa shape index (κ2) is 10.9. The molecule has 1 saturated heterocycles. The molecule has 2 aromatic carbocycles. The molecule has 33 heavy (non-hydrogen) atoms. The number of anilines is 1. The lowest BCUT2D eigenvalue weighted by atomic mass is 9.93. The molecule has 6 nitrogen and oxygen atoms in total. The first-order chi connectivity index (χ1) is 16.0. The number of amides is 2. The lowest BCUT2D eigenvalue weighted by Crippen LogP contribution is -2.56. The SMILES string of the molecule is Cc1ccccc1[C@@H](C(=O)NC1CCCCC1)N(C(=O)[C@@H]1COCCN1)c1cccc(F)c1. The fourth-order valence-corrected chi connectivity index (χ4v) is 4.74. The molecule has 2 N–H and O–H groups in total.